The number of ether oxygens (including phenoxy) is 3. The van der Waals surface area contributed by atoms with Crippen molar-refractivity contribution in [3.05, 3.63) is 179 Å². The summed E-state index contributed by atoms with van der Waals surface area (Å²) < 4.78 is 17.3. The second-order valence-electron chi connectivity index (χ2n) is 13.0. The predicted molar refractivity (Wildman–Crippen MR) is 200 cm³/mol. The van der Waals surface area contributed by atoms with Crippen molar-refractivity contribution in [2.75, 3.05) is 7.11 Å². The van der Waals surface area contributed by atoms with E-state index in [9.17, 15) is 19.5 Å². The maximum atomic E-state index is 14.2. The molecule has 272 valence electrons. The maximum absolute atomic E-state index is 14.2. The number of rotatable bonds is 14. The number of hydrogen-bond donors (Lipinski definition) is 2. The van der Waals surface area contributed by atoms with E-state index in [1.54, 1.807) is 0 Å². The van der Waals surface area contributed by atoms with Gasteiger partial charge >= 0.3 is 18.0 Å². The Bertz CT molecular complexity index is 1900. The van der Waals surface area contributed by atoms with Gasteiger partial charge in [-0.2, -0.15) is 0 Å². The van der Waals surface area contributed by atoms with E-state index in [1.807, 2.05) is 152 Å². The van der Waals surface area contributed by atoms with E-state index >= 15 is 0 Å². The van der Waals surface area contributed by atoms with Crippen LogP contribution in [0.15, 0.2) is 152 Å². The number of nitrogens with one attached hydrogen (secondary N) is 1. The van der Waals surface area contributed by atoms with Gasteiger partial charge in [-0.3, -0.25) is 15.0 Å². The van der Waals surface area contributed by atoms with Gasteiger partial charge in [0.25, 0.3) is 0 Å². The van der Waals surface area contributed by atoms with Crippen molar-refractivity contribution >= 4 is 18.0 Å². The van der Waals surface area contributed by atoms with Crippen molar-refractivity contribution in [3.8, 4) is 0 Å². The largest absolute Gasteiger partial charge is 0.468 e. The number of morpholine rings is 1. The third-order valence-corrected chi connectivity index (χ3v) is 9.57. The molecule has 5 aromatic carbocycles. The Hall–Kier alpha value is -5.77. The average molecular weight is 713 g/mol. The number of hydrogen-bond acceptors (Lipinski definition) is 8. The lowest BCUT2D eigenvalue weighted by Crippen LogP contribution is -2.54. The van der Waals surface area contributed by atoms with Crippen LogP contribution in [0.25, 0.3) is 0 Å². The van der Waals surface area contributed by atoms with Crippen molar-refractivity contribution < 1.29 is 33.7 Å². The molecule has 0 bridgehead atoms. The summed E-state index contributed by atoms with van der Waals surface area (Å²) in [6.07, 6.45) is -1.67. The van der Waals surface area contributed by atoms with Crippen LogP contribution >= 0.6 is 0 Å². The minimum Gasteiger partial charge on any atom is -0.468 e. The van der Waals surface area contributed by atoms with Crippen LogP contribution in [0.2, 0.25) is 0 Å². The molecule has 1 amide bonds. The Morgan fingerprint density at radius 2 is 1.28 bits per heavy atom. The van der Waals surface area contributed by atoms with Gasteiger partial charge in [0.2, 0.25) is 0 Å². The van der Waals surface area contributed by atoms with Crippen molar-refractivity contribution in [1.29, 1.82) is 0 Å². The summed E-state index contributed by atoms with van der Waals surface area (Å²) in [7, 11) is 1.32. The summed E-state index contributed by atoms with van der Waals surface area (Å²) in [5.41, 5.74) is 3.81. The lowest BCUT2D eigenvalue weighted by Gasteiger charge is -2.44. The molecule has 0 saturated carbocycles. The first-order valence-electron chi connectivity index (χ1n) is 17.9. The van der Waals surface area contributed by atoms with Gasteiger partial charge in [0.15, 0.2) is 6.10 Å². The molecule has 1 heterocycles. The lowest BCUT2D eigenvalue weighted by molar-refractivity contribution is -0.173. The molecule has 6 atom stereocenters. The monoisotopic (exact) mass is 712 g/mol. The molecule has 1 aliphatic rings. The number of aliphatic hydroxyl groups is 1. The van der Waals surface area contributed by atoms with E-state index in [0.717, 1.165) is 22.3 Å². The van der Waals surface area contributed by atoms with Crippen LogP contribution in [0.3, 0.4) is 0 Å². The zero-order chi connectivity index (χ0) is 37.0. The van der Waals surface area contributed by atoms with Gasteiger partial charge in [-0.15, -0.1) is 0 Å². The van der Waals surface area contributed by atoms with Gasteiger partial charge in [0, 0.05) is 0 Å². The Balaban J connectivity index is 1.28. The van der Waals surface area contributed by atoms with E-state index in [4.69, 9.17) is 14.2 Å². The fraction of sp³-hybridized carbons (Fsp3) is 0.250. The first kappa shape index (κ1) is 37.0. The summed E-state index contributed by atoms with van der Waals surface area (Å²) in [5, 5.41) is 14.9. The number of benzene rings is 5. The number of esters is 2. The highest BCUT2D eigenvalue weighted by molar-refractivity contribution is 5.83. The molecule has 1 aliphatic heterocycles. The van der Waals surface area contributed by atoms with Gasteiger partial charge in [0.1, 0.15) is 24.7 Å². The molecule has 2 N–H and O–H groups in total. The Labute approximate surface area is 310 Å². The average Bonchev–Trinajstić information content (AvgIpc) is 3.22. The van der Waals surface area contributed by atoms with Crippen molar-refractivity contribution in [3.63, 3.8) is 0 Å². The highest BCUT2D eigenvalue weighted by Gasteiger charge is 2.48. The molecule has 1 fully saturated rings. The van der Waals surface area contributed by atoms with E-state index in [-0.39, 0.29) is 19.4 Å². The van der Waals surface area contributed by atoms with Crippen LogP contribution in [-0.2, 0) is 30.4 Å². The van der Waals surface area contributed by atoms with Crippen LogP contribution < -0.4 is 5.32 Å². The summed E-state index contributed by atoms with van der Waals surface area (Å²) >= 11 is 0. The van der Waals surface area contributed by atoms with E-state index in [1.165, 1.54) is 12.0 Å². The Morgan fingerprint density at radius 3 is 1.87 bits per heavy atom. The molecule has 5 aromatic rings. The van der Waals surface area contributed by atoms with Crippen LogP contribution in [0.4, 0.5) is 4.79 Å². The SMILES string of the molecule is COC(=O)[C@H](CCC[C@@H]1C(=O)O[C@@H](c2ccccc2)[C@@H](c2ccccc2)N1C(=O)OCc1ccccc1)N[C@@H](c1ccccc1)[C@H](O)c1ccccc1. The van der Waals surface area contributed by atoms with Crippen LogP contribution in [-0.4, -0.2) is 47.2 Å². The molecule has 0 aromatic heterocycles. The molecular formula is C44H44N2O7. The van der Waals surface area contributed by atoms with Gasteiger partial charge in [0.05, 0.1) is 19.3 Å². The molecular weight excluding hydrogens is 668 g/mol. The number of aliphatic hydroxyl groups excluding tert-OH is 1. The lowest BCUT2D eigenvalue weighted by atomic mass is 9.90. The number of amides is 1. The molecule has 1 saturated heterocycles. The summed E-state index contributed by atoms with van der Waals surface area (Å²) in [6, 6.07) is 43.7. The number of cyclic esters (lactones) is 1. The Morgan fingerprint density at radius 1 is 0.755 bits per heavy atom. The van der Waals surface area contributed by atoms with E-state index < -0.39 is 54.4 Å². The van der Waals surface area contributed by atoms with Crippen LogP contribution in [0, 0.1) is 0 Å². The maximum Gasteiger partial charge on any atom is 0.411 e. The second-order valence-corrected chi connectivity index (χ2v) is 13.0. The van der Waals surface area contributed by atoms with Gasteiger partial charge in [-0.25, -0.2) is 9.59 Å². The highest BCUT2D eigenvalue weighted by Crippen LogP contribution is 2.43. The van der Waals surface area contributed by atoms with Crippen molar-refractivity contribution in [1.82, 2.24) is 10.2 Å². The quantitative estimate of drug-likeness (QED) is 0.0886. The minimum atomic E-state index is -1.01. The molecule has 0 aliphatic carbocycles. The van der Waals surface area contributed by atoms with Crippen molar-refractivity contribution in [2.24, 2.45) is 0 Å². The zero-order valence-electron chi connectivity index (χ0n) is 29.6. The molecule has 9 nitrogen and oxygen atoms in total. The third-order valence-electron chi connectivity index (χ3n) is 9.57. The summed E-state index contributed by atoms with van der Waals surface area (Å²) in [4.78, 5) is 43.0. The topological polar surface area (TPSA) is 114 Å². The normalized spacial score (nSPS) is 18.6. The van der Waals surface area contributed by atoms with Crippen LogP contribution in [0.1, 0.15) is 71.4 Å². The smallest absolute Gasteiger partial charge is 0.411 e. The van der Waals surface area contributed by atoms with Gasteiger partial charge in [-0.1, -0.05) is 152 Å². The van der Waals surface area contributed by atoms with Gasteiger partial charge < -0.3 is 19.3 Å². The first-order valence-corrected chi connectivity index (χ1v) is 17.9. The molecule has 0 radical (unpaired) electrons. The molecule has 53 heavy (non-hydrogen) atoms. The summed E-state index contributed by atoms with van der Waals surface area (Å²) in [6.45, 7) is 0.0222. The second kappa shape index (κ2) is 18.1. The first-order chi connectivity index (χ1) is 25.9. The third kappa shape index (κ3) is 9.18. The predicted octanol–water partition coefficient (Wildman–Crippen LogP) is 7.81. The minimum absolute atomic E-state index is 0.0222. The van der Waals surface area contributed by atoms with E-state index in [2.05, 4.69) is 5.32 Å². The number of carbonyl (C=O) groups excluding carboxylic acids is 3. The Kier molecular flexibility index (Phi) is 12.7. The molecule has 0 spiro atoms. The molecule has 6 rings (SSSR count). The zero-order valence-corrected chi connectivity index (χ0v) is 29.6. The highest BCUT2D eigenvalue weighted by atomic mass is 16.6. The fourth-order valence-corrected chi connectivity index (χ4v) is 6.91. The fourth-order valence-electron chi connectivity index (χ4n) is 6.91. The molecule has 0 unspecified atom stereocenters. The number of nitrogens with zero attached hydrogens (tertiary/aromatic N) is 1. The number of carbonyl (C=O) groups is 3. The van der Waals surface area contributed by atoms with Gasteiger partial charge in [-0.05, 0) is 47.1 Å². The van der Waals surface area contributed by atoms with E-state index in [0.29, 0.717) is 12.0 Å². The standard InChI is InChI=1S/C44H44N2O7/c1-51-42(48)36(45-38(32-20-9-3-10-21-32)40(47)34-24-13-5-14-25-34)28-17-29-37-43(49)53-41(35-26-15-6-16-27-35)39(33-22-11-4-12-23-33)46(37)44(50)52-30-31-18-7-2-8-19-31/h2-16,18-27,36-41,45,47H,17,28-30H2,1H3/t36-,37+,38-,39+,40+,41-/m0/s1. The van der Waals surface area contributed by atoms with Crippen LogP contribution in [0.5, 0.6) is 0 Å². The number of methoxy groups -OCH3 is 1. The molecule has 9 heteroatoms. The summed E-state index contributed by atoms with van der Waals surface area (Å²) in [5.74, 6) is -1.07. The van der Waals surface area contributed by atoms with Crippen molar-refractivity contribution in [2.45, 2.75) is 62.2 Å².